The van der Waals surface area contributed by atoms with Crippen LogP contribution in [0.4, 0.5) is 11.5 Å². The molecule has 2 aromatic heterocycles. The van der Waals surface area contributed by atoms with Gasteiger partial charge in [-0.2, -0.15) is 5.10 Å². The molecule has 1 aliphatic rings. The average molecular weight is 322 g/mol. The van der Waals surface area contributed by atoms with E-state index >= 15 is 0 Å². The molecule has 0 radical (unpaired) electrons. The smallest absolute Gasteiger partial charge is 0.277 e. The van der Waals surface area contributed by atoms with Gasteiger partial charge in [0, 0.05) is 31.6 Å². The van der Waals surface area contributed by atoms with Crippen molar-refractivity contribution < 1.29 is 4.79 Å². The van der Waals surface area contributed by atoms with Crippen LogP contribution >= 0.6 is 0 Å². The Kier molecular flexibility index (Phi) is 3.84. The first-order valence-electron chi connectivity index (χ1n) is 7.97. The van der Waals surface area contributed by atoms with E-state index in [-0.39, 0.29) is 5.91 Å². The molecule has 0 atom stereocenters. The van der Waals surface area contributed by atoms with Gasteiger partial charge in [-0.15, -0.1) is 0 Å². The fraction of sp³-hybridized carbons (Fsp3) is 0.235. The number of aromatic nitrogens is 3. The highest BCUT2D eigenvalue weighted by Gasteiger charge is 2.15. The molecular weight excluding hydrogens is 304 g/mol. The lowest BCUT2D eigenvalue weighted by Gasteiger charge is -2.29. The zero-order valence-electron chi connectivity index (χ0n) is 13.1. The number of aromatic amines is 1. The molecule has 24 heavy (non-hydrogen) atoms. The van der Waals surface area contributed by atoms with Crippen molar-refractivity contribution in [2.45, 2.75) is 0 Å². The van der Waals surface area contributed by atoms with Crippen LogP contribution in [-0.4, -0.2) is 47.3 Å². The summed E-state index contributed by atoms with van der Waals surface area (Å²) in [6, 6.07) is 11.3. The van der Waals surface area contributed by atoms with Crippen molar-refractivity contribution in [1.82, 2.24) is 20.5 Å². The number of amides is 1. The molecule has 1 amide bonds. The van der Waals surface area contributed by atoms with Gasteiger partial charge in [0.15, 0.2) is 5.69 Å². The molecule has 1 aromatic carbocycles. The molecule has 4 rings (SSSR count). The highest BCUT2D eigenvalue weighted by molar-refractivity contribution is 6.10. The number of piperazine rings is 1. The number of pyridine rings is 1. The predicted molar refractivity (Wildman–Crippen MR) is 93.4 cm³/mol. The van der Waals surface area contributed by atoms with Crippen LogP contribution in [0.3, 0.4) is 0 Å². The van der Waals surface area contributed by atoms with Crippen LogP contribution in [0, 0.1) is 0 Å². The number of nitrogens with one attached hydrogen (secondary N) is 3. The van der Waals surface area contributed by atoms with Crippen molar-refractivity contribution in [2.24, 2.45) is 0 Å². The second-order valence-corrected chi connectivity index (χ2v) is 5.71. The van der Waals surface area contributed by atoms with Gasteiger partial charge in [-0.25, -0.2) is 4.98 Å². The van der Waals surface area contributed by atoms with Gasteiger partial charge in [0.25, 0.3) is 5.91 Å². The van der Waals surface area contributed by atoms with Gasteiger partial charge in [-0.05, 0) is 18.2 Å². The molecule has 1 aliphatic heterocycles. The molecule has 122 valence electrons. The summed E-state index contributed by atoms with van der Waals surface area (Å²) in [5.74, 6) is 0.251. The topological polar surface area (TPSA) is 85.9 Å². The van der Waals surface area contributed by atoms with E-state index in [0.717, 1.165) is 42.8 Å². The molecule has 3 N–H and O–H groups in total. The molecule has 7 heteroatoms. The van der Waals surface area contributed by atoms with Gasteiger partial charge in [-0.3, -0.25) is 9.89 Å². The van der Waals surface area contributed by atoms with Gasteiger partial charge >= 0.3 is 0 Å². The van der Waals surface area contributed by atoms with Crippen molar-refractivity contribution in [3.8, 4) is 0 Å². The Bertz CT molecular complexity index is 851. The van der Waals surface area contributed by atoms with Crippen LogP contribution in [0.2, 0.25) is 0 Å². The van der Waals surface area contributed by atoms with Crippen molar-refractivity contribution in [3.63, 3.8) is 0 Å². The third-order valence-electron chi connectivity index (χ3n) is 4.16. The van der Waals surface area contributed by atoms with Crippen LogP contribution in [0.1, 0.15) is 10.5 Å². The number of para-hydroxylation sites is 1. The van der Waals surface area contributed by atoms with Crippen LogP contribution in [0.5, 0.6) is 0 Å². The summed E-state index contributed by atoms with van der Waals surface area (Å²) in [4.78, 5) is 19.0. The Morgan fingerprint density at radius 2 is 1.96 bits per heavy atom. The SMILES string of the molecule is O=C(Nc1ccc(N2CCNCC2)cn1)c1n[nH]c2ccccc12. The normalized spacial score (nSPS) is 14.8. The van der Waals surface area contributed by atoms with Gasteiger partial charge < -0.3 is 15.5 Å². The fourth-order valence-corrected chi connectivity index (χ4v) is 2.88. The molecule has 0 spiro atoms. The monoisotopic (exact) mass is 322 g/mol. The zero-order valence-corrected chi connectivity index (χ0v) is 13.1. The number of rotatable bonds is 3. The molecule has 1 saturated heterocycles. The maximum absolute atomic E-state index is 12.4. The number of benzene rings is 1. The Labute approximate surface area is 139 Å². The number of hydrogen-bond acceptors (Lipinski definition) is 5. The minimum Gasteiger partial charge on any atom is -0.368 e. The molecule has 3 heterocycles. The Morgan fingerprint density at radius 1 is 1.12 bits per heavy atom. The van der Waals surface area contributed by atoms with E-state index in [2.05, 4.69) is 30.7 Å². The number of carbonyl (C=O) groups is 1. The van der Waals surface area contributed by atoms with Crippen molar-refractivity contribution in [2.75, 3.05) is 36.4 Å². The largest absolute Gasteiger partial charge is 0.368 e. The maximum atomic E-state index is 12.4. The predicted octanol–water partition coefficient (Wildman–Crippen LogP) is 1.62. The van der Waals surface area contributed by atoms with Crippen LogP contribution in [-0.2, 0) is 0 Å². The second kappa shape index (κ2) is 6.29. The maximum Gasteiger partial charge on any atom is 0.277 e. The molecule has 0 unspecified atom stereocenters. The Balaban J connectivity index is 1.49. The summed E-state index contributed by atoms with van der Waals surface area (Å²) in [6.45, 7) is 3.88. The summed E-state index contributed by atoms with van der Waals surface area (Å²) in [6.07, 6.45) is 1.80. The summed E-state index contributed by atoms with van der Waals surface area (Å²) in [5, 5.41) is 13.9. The van der Waals surface area contributed by atoms with E-state index in [1.165, 1.54) is 0 Å². The molecule has 7 nitrogen and oxygen atoms in total. The first-order valence-corrected chi connectivity index (χ1v) is 7.97. The lowest BCUT2D eigenvalue weighted by Crippen LogP contribution is -2.43. The lowest BCUT2D eigenvalue weighted by atomic mass is 10.2. The van der Waals surface area contributed by atoms with Crippen molar-refractivity contribution >= 4 is 28.3 Å². The highest BCUT2D eigenvalue weighted by Crippen LogP contribution is 2.18. The zero-order chi connectivity index (χ0) is 16.4. The average Bonchev–Trinajstić information content (AvgIpc) is 3.07. The summed E-state index contributed by atoms with van der Waals surface area (Å²) >= 11 is 0. The minimum absolute atomic E-state index is 0.269. The van der Waals surface area contributed by atoms with Crippen LogP contribution in [0.25, 0.3) is 10.9 Å². The number of nitrogens with zero attached hydrogens (tertiary/aromatic N) is 3. The second-order valence-electron chi connectivity index (χ2n) is 5.71. The van der Waals surface area contributed by atoms with Gasteiger partial charge in [-0.1, -0.05) is 18.2 Å². The van der Waals surface area contributed by atoms with E-state index in [0.29, 0.717) is 11.5 Å². The molecule has 1 fully saturated rings. The summed E-state index contributed by atoms with van der Waals surface area (Å²) < 4.78 is 0. The number of fused-ring (bicyclic) bond motifs is 1. The van der Waals surface area contributed by atoms with E-state index in [4.69, 9.17) is 0 Å². The van der Waals surface area contributed by atoms with E-state index in [1.54, 1.807) is 6.20 Å². The van der Waals surface area contributed by atoms with Gasteiger partial charge in [0.05, 0.1) is 17.4 Å². The number of anilines is 2. The quantitative estimate of drug-likeness (QED) is 0.682. The Hall–Kier alpha value is -2.93. The molecule has 0 aliphatic carbocycles. The number of hydrogen-bond donors (Lipinski definition) is 3. The highest BCUT2D eigenvalue weighted by atomic mass is 16.2. The van der Waals surface area contributed by atoms with E-state index in [1.807, 2.05) is 36.4 Å². The van der Waals surface area contributed by atoms with Crippen molar-refractivity contribution in [3.05, 3.63) is 48.3 Å². The lowest BCUT2D eigenvalue weighted by molar-refractivity contribution is 0.102. The third-order valence-corrected chi connectivity index (χ3v) is 4.16. The summed E-state index contributed by atoms with van der Waals surface area (Å²) in [7, 11) is 0. The molecule has 0 bridgehead atoms. The minimum atomic E-state index is -0.269. The van der Waals surface area contributed by atoms with Gasteiger partial charge in [0.1, 0.15) is 5.82 Å². The van der Waals surface area contributed by atoms with Crippen LogP contribution in [0.15, 0.2) is 42.6 Å². The standard InChI is InChI=1S/C17H18N6O/c24-17(16-13-3-1-2-4-14(13)21-22-16)20-15-6-5-12(11-19-15)23-9-7-18-8-10-23/h1-6,11,18H,7-10H2,(H,21,22)(H,19,20,24). The Morgan fingerprint density at radius 3 is 2.75 bits per heavy atom. The van der Waals surface area contributed by atoms with E-state index in [9.17, 15) is 4.79 Å². The summed E-state index contributed by atoms with van der Waals surface area (Å²) in [5.41, 5.74) is 2.28. The van der Waals surface area contributed by atoms with Crippen LogP contribution < -0.4 is 15.5 Å². The van der Waals surface area contributed by atoms with Crippen molar-refractivity contribution in [1.29, 1.82) is 0 Å². The van der Waals surface area contributed by atoms with Gasteiger partial charge in [0.2, 0.25) is 0 Å². The first kappa shape index (κ1) is 14.6. The number of carbonyl (C=O) groups excluding carboxylic acids is 1. The molecular formula is C17H18N6O. The number of H-pyrrole nitrogens is 1. The molecule has 3 aromatic rings. The molecule has 0 saturated carbocycles. The van der Waals surface area contributed by atoms with E-state index < -0.39 is 0 Å². The fourth-order valence-electron chi connectivity index (χ4n) is 2.88. The first-order chi connectivity index (χ1) is 11.8. The third kappa shape index (κ3) is 2.81.